The van der Waals surface area contributed by atoms with E-state index in [-0.39, 0.29) is 0 Å². The van der Waals surface area contributed by atoms with Gasteiger partial charge in [-0.1, -0.05) is 0 Å². The van der Waals surface area contributed by atoms with E-state index in [2.05, 4.69) is 0 Å². The molecule has 0 aromatic rings. The molecule has 0 bridgehead atoms. The van der Waals surface area contributed by atoms with Crippen molar-refractivity contribution in [2.24, 2.45) is 5.92 Å². The van der Waals surface area contributed by atoms with Crippen LogP contribution in [0.15, 0.2) is 0 Å². The second-order valence-electron chi connectivity index (χ2n) is 4.10. The van der Waals surface area contributed by atoms with Crippen molar-refractivity contribution in [3.05, 3.63) is 0 Å². The minimum atomic E-state index is -2.38. The summed E-state index contributed by atoms with van der Waals surface area (Å²) in [5, 5.41) is 65.8. The van der Waals surface area contributed by atoms with E-state index in [9.17, 15) is 30.6 Å². The van der Waals surface area contributed by atoms with Gasteiger partial charge in [0.2, 0.25) is 0 Å². The Labute approximate surface area is 91.8 Å². The first kappa shape index (κ1) is 13.3. The van der Waals surface area contributed by atoms with Crippen LogP contribution in [0.2, 0.25) is 0 Å². The third-order valence-electron chi connectivity index (χ3n) is 3.18. The zero-order valence-electron chi connectivity index (χ0n) is 8.59. The maximum atomic E-state index is 9.98. The SMILES string of the molecule is CC(C#N)C1(O)[C@H](O)[C@H](O)C(O)[C@H](O)[C@H]1O. The molecule has 3 unspecified atom stereocenters. The summed E-state index contributed by atoms with van der Waals surface area (Å²) in [5.41, 5.74) is -2.38. The van der Waals surface area contributed by atoms with Crippen LogP contribution in [0.25, 0.3) is 0 Å². The first-order valence-corrected chi connectivity index (χ1v) is 4.80. The molecule has 0 aliphatic heterocycles. The van der Waals surface area contributed by atoms with E-state index in [4.69, 9.17) is 5.26 Å². The molecule has 1 saturated carbocycles. The molecule has 1 aliphatic carbocycles. The van der Waals surface area contributed by atoms with Crippen molar-refractivity contribution in [1.29, 1.82) is 5.26 Å². The van der Waals surface area contributed by atoms with E-state index in [0.717, 1.165) is 0 Å². The molecule has 7 atom stereocenters. The minimum absolute atomic E-state index is 1.23. The lowest BCUT2D eigenvalue weighted by Gasteiger charge is -2.48. The number of nitriles is 1. The Balaban J connectivity index is 3.13. The fraction of sp³-hybridized carbons (Fsp3) is 0.889. The normalized spacial score (nSPS) is 50.8. The lowest BCUT2D eigenvalue weighted by molar-refractivity contribution is -0.277. The third kappa shape index (κ3) is 1.60. The Kier molecular flexibility index (Phi) is 3.54. The highest BCUT2D eigenvalue weighted by Gasteiger charge is 2.60. The highest BCUT2D eigenvalue weighted by Crippen LogP contribution is 2.35. The summed E-state index contributed by atoms with van der Waals surface area (Å²) in [6, 6.07) is 1.62. The third-order valence-corrected chi connectivity index (χ3v) is 3.18. The maximum absolute atomic E-state index is 9.98. The minimum Gasteiger partial charge on any atom is -0.387 e. The van der Waals surface area contributed by atoms with Crippen molar-refractivity contribution in [3.8, 4) is 6.07 Å². The lowest BCUT2D eigenvalue weighted by Crippen LogP contribution is -2.72. The molecule has 0 spiro atoms. The average Bonchev–Trinajstić information content (AvgIpc) is 2.30. The molecule has 6 N–H and O–H groups in total. The molecule has 1 aliphatic rings. The first-order valence-electron chi connectivity index (χ1n) is 4.80. The van der Waals surface area contributed by atoms with Gasteiger partial charge in [0.15, 0.2) is 0 Å². The fourth-order valence-electron chi connectivity index (χ4n) is 1.91. The van der Waals surface area contributed by atoms with Gasteiger partial charge in [0.1, 0.15) is 36.1 Å². The van der Waals surface area contributed by atoms with Crippen molar-refractivity contribution >= 4 is 0 Å². The highest BCUT2D eigenvalue weighted by atomic mass is 16.4. The van der Waals surface area contributed by atoms with Crippen molar-refractivity contribution in [2.45, 2.75) is 43.0 Å². The summed E-state index contributed by atoms with van der Waals surface area (Å²) in [7, 11) is 0. The van der Waals surface area contributed by atoms with Gasteiger partial charge in [0.05, 0.1) is 12.0 Å². The van der Waals surface area contributed by atoms with Gasteiger partial charge in [0.25, 0.3) is 0 Å². The van der Waals surface area contributed by atoms with Gasteiger partial charge in [0, 0.05) is 0 Å². The largest absolute Gasteiger partial charge is 0.387 e. The molecule has 1 rings (SSSR count). The number of aliphatic hydroxyl groups is 6. The van der Waals surface area contributed by atoms with Crippen molar-refractivity contribution < 1.29 is 30.6 Å². The molecule has 0 heterocycles. The summed E-state index contributed by atoms with van der Waals surface area (Å²) in [5.74, 6) is -1.23. The summed E-state index contributed by atoms with van der Waals surface area (Å²) in [6.45, 7) is 1.23. The molecular weight excluding hydrogens is 218 g/mol. The number of hydrogen-bond donors (Lipinski definition) is 6. The molecular formula is C9H15NO6. The molecule has 16 heavy (non-hydrogen) atoms. The second-order valence-corrected chi connectivity index (χ2v) is 4.10. The van der Waals surface area contributed by atoms with Crippen LogP contribution in [-0.4, -0.2) is 66.8 Å². The van der Waals surface area contributed by atoms with Crippen LogP contribution in [0.4, 0.5) is 0 Å². The average molecular weight is 233 g/mol. The lowest BCUT2D eigenvalue weighted by atomic mass is 9.69. The van der Waals surface area contributed by atoms with E-state index in [0.29, 0.717) is 0 Å². The maximum Gasteiger partial charge on any atom is 0.137 e. The Hall–Kier alpha value is -0.750. The number of nitrogens with zero attached hydrogens (tertiary/aromatic N) is 1. The zero-order valence-corrected chi connectivity index (χ0v) is 8.59. The predicted octanol–water partition coefficient (Wildman–Crippen LogP) is -3.30. The fourth-order valence-corrected chi connectivity index (χ4v) is 1.91. The van der Waals surface area contributed by atoms with Crippen LogP contribution in [0.5, 0.6) is 0 Å². The van der Waals surface area contributed by atoms with E-state index in [1.54, 1.807) is 6.07 Å². The van der Waals surface area contributed by atoms with Crippen LogP contribution in [-0.2, 0) is 0 Å². The van der Waals surface area contributed by atoms with Crippen molar-refractivity contribution in [2.75, 3.05) is 0 Å². The van der Waals surface area contributed by atoms with Crippen LogP contribution >= 0.6 is 0 Å². The standard InChI is InChI=1S/C9H15NO6/c1-3(2-10)9(16)7(14)5(12)4(11)6(13)8(9)15/h3-8,11-16H,1H3/t3?,4?,5-,6+,7-,8-,9?/m1/s1. The van der Waals surface area contributed by atoms with Gasteiger partial charge < -0.3 is 30.6 Å². The van der Waals surface area contributed by atoms with E-state index in [1.807, 2.05) is 0 Å². The number of aliphatic hydroxyl groups excluding tert-OH is 5. The smallest absolute Gasteiger partial charge is 0.137 e. The molecule has 0 radical (unpaired) electrons. The molecule has 0 aromatic heterocycles. The van der Waals surface area contributed by atoms with Gasteiger partial charge in [-0.05, 0) is 6.92 Å². The topological polar surface area (TPSA) is 145 Å². The quantitative estimate of drug-likeness (QED) is 0.278. The Morgan fingerprint density at radius 2 is 1.38 bits per heavy atom. The molecule has 7 heteroatoms. The first-order chi connectivity index (χ1) is 7.28. The zero-order chi connectivity index (χ0) is 12.7. The van der Waals surface area contributed by atoms with Crippen molar-refractivity contribution in [3.63, 3.8) is 0 Å². The van der Waals surface area contributed by atoms with Gasteiger partial charge in [-0.25, -0.2) is 0 Å². The van der Waals surface area contributed by atoms with E-state index >= 15 is 0 Å². The van der Waals surface area contributed by atoms with Gasteiger partial charge in [-0.2, -0.15) is 5.26 Å². The highest BCUT2D eigenvalue weighted by molar-refractivity contribution is 5.14. The Morgan fingerprint density at radius 3 is 1.69 bits per heavy atom. The van der Waals surface area contributed by atoms with Crippen LogP contribution < -0.4 is 0 Å². The summed E-state index contributed by atoms with van der Waals surface area (Å²) in [6.07, 6.45) is -9.29. The molecule has 0 amide bonds. The molecule has 0 saturated heterocycles. The van der Waals surface area contributed by atoms with Gasteiger partial charge in [-0.15, -0.1) is 0 Å². The monoisotopic (exact) mass is 233 g/mol. The predicted molar refractivity (Wildman–Crippen MR) is 49.8 cm³/mol. The molecule has 92 valence electrons. The Morgan fingerprint density at radius 1 is 1.00 bits per heavy atom. The Bertz CT molecular complexity index is 287. The van der Waals surface area contributed by atoms with E-state index in [1.165, 1.54) is 6.92 Å². The number of hydrogen-bond acceptors (Lipinski definition) is 7. The van der Waals surface area contributed by atoms with Crippen molar-refractivity contribution in [1.82, 2.24) is 0 Å². The summed E-state index contributed by atoms with van der Waals surface area (Å²) in [4.78, 5) is 0. The van der Waals surface area contributed by atoms with Crippen LogP contribution in [0.3, 0.4) is 0 Å². The summed E-state index contributed by atoms with van der Waals surface area (Å²) >= 11 is 0. The molecule has 7 nitrogen and oxygen atoms in total. The molecule has 1 fully saturated rings. The molecule has 0 aromatic carbocycles. The van der Waals surface area contributed by atoms with Crippen LogP contribution in [0.1, 0.15) is 6.92 Å². The number of rotatable bonds is 1. The second kappa shape index (κ2) is 4.25. The van der Waals surface area contributed by atoms with Gasteiger partial charge in [-0.3, -0.25) is 0 Å². The van der Waals surface area contributed by atoms with E-state index < -0.39 is 42.0 Å². The van der Waals surface area contributed by atoms with Crippen LogP contribution in [0, 0.1) is 17.2 Å². The van der Waals surface area contributed by atoms with Gasteiger partial charge >= 0.3 is 0 Å². The summed E-state index contributed by atoms with van der Waals surface area (Å²) < 4.78 is 0.